The van der Waals surface area contributed by atoms with Crippen molar-refractivity contribution in [2.24, 2.45) is 5.92 Å². The van der Waals surface area contributed by atoms with Gasteiger partial charge in [0.05, 0.1) is 0 Å². The van der Waals surface area contributed by atoms with Crippen LogP contribution in [0.2, 0.25) is 0 Å². The third-order valence-electron chi connectivity index (χ3n) is 3.42. The number of carbonyl (C=O) groups excluding carboxylic acids is 3. The van der Waals surface area contributed by atoms with Crippen LogP contribution in [0.15, 0.2) is 12.1 Å². The number of carbonyl (C=O) groups is 3. The quantitative estimate of drug-likeness (QED) is 0.562. The number of Topliss-reactive ketones (excluding diaryl/α,β-unsaturated/α-hetero) is 1. The van der Waals surface area contributed by atoms with Gasteiger partial charge in [-0.15, -0.1) is 0 Å². The van der Waals surface area contributed by atoms with E-state index in [0.717, 1.165) is 6.92 Å². The lowest BCUT2D eigenvalue weighted by Gasteiger charge is -2.23. The summed E-state index contributed by atoms with van der Waals surface area (Å²) in [7, 11) is 0. The van der Waals surface area contributed by atoms with Gasteiger partial charge in [0.1, 0.15) is 11.5 Å². The summed E-state index contributed by atoms with van der Waals surface area (Å²) in [5.74, 6) is -3.74. The van der Waals surface area contributed by atoms with E-state index >= 15 is 0 Å². The highest BCUT2D eigenvalue weighted by Gasteiger charge is 2.33. The maximum atomic E-state index is 14.1. The Labute approximate surface area is 150 Å². The summed E-state index contributed by atoms with van der Waals surface area (Å²) in [6.45, 7) is 5.49. The molecule has 7 nitrogen and oxygen atoms in total. The van der Waals surface area contributed by atoms with Crippen LogP contribution in [0.3, 0.4) is 0 Å². The standard InChI is InChI=1S/C18H21FO7/c1-10(20)23-8-14(21)12(17(22)26-18(2,3)4)5-11-6-13(19)16-15(7-11)24-9-25-16/h6-7,12H,5,8-9H2,1-4H3. The Kier molecular flexibility index (Phi) is 5.84. The second-order valence-corrected chi connectivity index (χ2v) is 6.85. The second-order valence-electron chi connectivity index (χ2n) is 6.85. The van der Waals surface area contributed by atoms with E-state index in [2.05, 4.69) is 4.74 Å². The van der Waals surface area contributed by atoms with E-state index in [9.17, 15) is 18.8 Å². The normalized spacial score (nSPS) is 13.9. The van der Waals surface area contributed by atoms with Gasteiger partial charge >= 0.3 is 11.9 Å². The van der Waals surface area contributed by atoms with Gasteiger partial charge in [0.25, 0.3) is 0 Å². The number of hydrogen-bond acceptors (Lipinski definition) is 7. The second kappa shape index (κ2) is 7.72. The lowest BCUT2D eigenvalue weighted by molar-refractivity contribution is -0.164. The summed E-state index contributed by atoms with van der Waals surface area (Å²) in [6, 6.07) is 2.67. The molecule has 0 bridgehead atoms. The predicted octanol–water partition coefficient (Wildman–Crippen LogP) is 2.19. The molecule has 26 heavy (non-hydrogen) atoms. The van der Waals surface area contributed by atoms with Crippen LogP contribution in [-0.4, -0.2) is 36.7 Å². The summed E-state index contributed by atoms with van der Waals surface area (Å²) >= 11 is 0. The predicted molar refractivity (Wildman–Crippen MR) is 87.2 cm³/mol. The minimum Gasteiger partial charge on any atom is -0.459 e. The molecular weight excluding hydrogens is 347 g/mol. The minimum atomic E-state index is -1.24. The summed E-state index contributed by atoms with van der Waals surface area (Å²) in [4.78, 5) is 35.7. The molecule has 0 saturated carbocycles. The molecule has 0 radical (unpaired) electrons. The number of fused-ring (bicyclic) bond motifs is 1. The van der Waals surface area contributed by atoms with E-state index in [-0.39, 0.29) is 24.7 Å². The van der Waals surface area contributed by atoms with Crippen LogP contribution in [0, 0.1) is 11.7 Å². The van der Waals surface area contributed by atoms with Crippen LogP contribution in [0.4, 0.5) is 4.39 Å². The third-order valence-corrected chi connectivity index (χ3v) is 3.42. The average Bonchev–Trinajstić information content (AvgIpc) is 2.97. The molecule has 142 valence electrons. The van der Waals surface area contributed by atoms with E-state index in [1.54, 1.807) is 20.8 Å². The Hall–Kier alpha value is -2.64. The molecule has 1 unspecified atom stereocenters. The van der Waals surface area contributed by atoms with Crippen LogP contribution in [0.25, 0.3) is 0 Å². The fourth-order valence-electron chi connectivity index (χ4n) is 2.35. The molecule has 1 aromatic carbocycles. The Morgan fingerprint density at radius 2 is 1.92 bits per heavy atom. The summed E-state index contributed by atoms with van der Waals surface area (Å²) in [6.07, 6.45) is -0.122. The highest BCUT2D eigenvalue weighted by Crippen LogP contribution is 2.36. The van der Waals surface area contributed by atoms with Crippen molar-refractivity contribution < 1.29 is 37.7 Å². The molecule has 0 saturated heterocycles. The van der Waals surface area contributed by atoms with Crippen LogP contribution >= 0.6 is 0 Å². The Morgan fingerprint density at radius 1 is 1.23 bits per heavy atom. The zero-order valence-electron chi connectivity index (χ0n) is 15.1. The van der Waals surface area contributed by atoms with Crippen LogP contribution < -0.4 is 9.47 Å². The van der Waals surface area contributed by atoms with Crippen molar-refractivity contribution in [3.8, 4) is 11.5 Å². The van der Waals surface area contributed by atoms with Crippen LogP contribution in [0.5, 0.6) is 11.5 Å². The first-order valence-corrected chi connectivity index (χ1v) is 8.04. The minimum absolute atomic E-state index is 0.00573. The Balaban J connectivity index is 2.23. The molecule has 1 aliphatic heterocycles. The average molecular weight is 368 g/mol. The van der Waals surface area contributed by atoms with Crippen molar-refractivity contribution in [1.29, 1.82) is 0 Å². The first kappa shape index (κ1) is 19.7. The Morgan fingerprint density at radius 3 is 2.54 bits per heavy atom. The number of halogens is 1. The Bertz CT molecular complexity index is 721. The van der Waals surface area contributed by atoms with Gasteiger partial charge in [-0.1, -0.05) is 0 Å². The molecule has 0 spiro atoms. The third kappa shape index (κ3) is 5.18. The van der Waals surface area contributed by atoms with Gasteiger partial charge < -0.3 is 18.9 Å². The molecule has 0 aromatic heterocycles. The summed E-state index contributed by atoms with van der Waals surface area (Å²) in [5, 5.41) is 0. The summed E-state index contributed by atoms with van der Waals surface area (Å²) < 4.78 is 34.2. The van der Waals surface area contributed by atoms with Crippen molar-refractivity contribution in [2.75, 3.05) is 13.4 Å². The molecule has 1 heterocycles. The molecule has 0 N–H and O–H groups in total. The molecule has 2 rings (SSSR count). The summed E-state index contributed by atoms with van der Waals surface area (Å²) in [5.41, 5.74) is -0.448. The molecule has 1 aromatic rings. The zero-order chi connectivity index (χ0) is 19.5. The highest BCUT2D eigenvalue weighted by molar-refractivity contribution is 6.00. The van der Waals surface area contributed by atoms with Gasteiger partial charge in [-0.3, -0.25) is 14.4 Å². The number of ketones is 1. The first-order chi connectivity index (χ1) is 12.1. The van der Waals surface area contributed by atoms with Gasteiger partial charge in [0, 0.05) is 6.92 Å². The van der Waals surface area contributed by atoms with Gasteiger partial charge in [0.2, 0.25) is 12.5 Å². The zero-order valence-corrected chi connectivity index (χ0v) is 15.1. The van der Waals surface area contributed by atoms with Crippen molar-refractivity contribution >= 4 is 17.7 Å². The number of ether oxygens (including phenoxy) is 4. The maximum Gasteiger partial charge on any atom is 0.317 e. The van der Waals surface area contributed by atoms with E-state index in [4.69, 9.17) is 14.2 Å². The number of rotatable bonds is 6. The van der Waals surface area contributed by atoms with Crippen molar-refractivity contribution in [3.63, 3.8) is 0 Å². The van der Waals surface area contributed by atoms with E-state index in [1.165, 1.54) is 12.1 Å². The molecule has 0 amide bonds. The van der Waals surface area contributed by atoms with Gasteiger partial charge in [0.15, 0.2) is 24.0 Å². The molecular formula is C18H21FO7. The largest absolute Gasteiger partial charge is 0.459 e. The molecule has 1 aliphatic rings. The van der Waals surface area contributed by atoms with Crippen molar-refractivity contribution in [2.45, 2.75) is 39.7 Å². The SMILES string of the molecule is CC(=O)OCC(=O)C(Cc1cc(F)c2c(c1)OCO2)C(=O)OC(C)(C)C. The van der Waals surface area contributed by atoms with Crippen molar-refractivity contribution in [3.05, 3.63) is 23.5 Å². The molecule has 0 aliphatic carbocycles. The van der Waals surface area contributed by atoms with Crippen LogP contribution in [0.1, 0.15) is 33.3 Å². The van der Waals surface area contributed by atoms with E-state index < -0.39 is 41.7 Å². The smallest absolute Gasteiger partial charge is 0.317 e. The van der Waals surface area contributed by atoms with E-state index in [0.29, 0.717) is 5.56 Å². The lowest BCUT2D eigenvalue weighted by Crippen LogP contribution is -2.36. The van der Waals surface area contributed by atoms with Gasteiger partial charge in [-0.05, 0) is 44.9 Å². The monoisotopic (exact) mass is 368 g/mol. The van der Waals surface area contributed by atoms with Crippen LogP contribution in [-0.2, 0) is 30.3 Å². The molecule has 1 atom stereocenters. The van der Waals surface area contributed by atoms with E-state index in [1.807, 2.05) is 0 Å². The highest BCUT2D eigenvalue weighted by atomic mass is 19.1. The number of esters is 2. The number of hydrogen-bond donors (Lipinski definition) is 0. The topological polar surface area (TPSA) is 88.1 Å². The van der Waals surface area contributed by atoms with Gasteiger partial charge in [-0.2, -0.15) is 0 Å². The molecule has 8 heteroatoms. The fourth-order valence-corrected chi connectivity index (χ4v) is 2.35. The molecule has 0 fully saturated rings. The number of benzene rings is 1. The van der Waals surface area contributed by atoms with Crippen molar-refractivity contribution in [1.82, 2.24) is 0 Å². The van der Waals surface area contributed by atoms with Gasteiger partial charge in [-0.25, -0.2) is 4.39 Å². The lowest BCUT2D eigenvalue weighted by atomic mass is 9.94. The maximum absolute atomic E-state index is 14.1. The fraction of sp³-hybridized carbons (Fsp3) is 0.500. The first-order valence-electron chi connectivity index (χ1n) is 8.04.